The van der Waals surface area contributed by atoms with Crippen LogP contribution < -0.4 is 4.72 Å². The predicted octanol–water partition coefficient (Wildman–Crippen LogP) is 2.32. The van der Waals surface area contributed by atoms with Gasteiger partial charge in [-0.15, -0.1) is 0 Å². The van der Waals surface area contributed by atoms with Gasteiger partial charge in [0.15, 0.2) is 5.82 Å². The number of nitrogens with zero attached hydrogens (tertiary/aromatic N) is 2. The van der Waals surface area contributed by atoms with Crippen molar-refractivity contribution in [2.24, 2.45) is 0 Å². The number of pyridine rings is 1. The monoisotopic (exact) mass is 302 g/mol. The molecule has 108 valence electrons. The van der Waals surface area contributed by atoms with Crippen LogP contribution in [0.5, 0.6) is 0 Å². The lowest BCUT2D eigenvalue weighted by Gasteiger charge is -2.08. The zero-order valence-corrected chi connectivity index (χ0v) is 12.2. The first kappa shape index (κ1) is 13.6. The highest BCUT2D eigenvalue weighted by atomic mass is 32.2. The van der Waals surface area contributed by atoms with Crippen LogP contribution in [0, 0.1) is 0 Å². The van der Waals surface area contributed by atoms with Crippen molar-refractivity contribution in [2.45, 2.75) is 18.2 Å². The molecule has 7 heteroatoms. The fourth-order valence-corrected chi connectivity index (χ4v) is 3.34. The minimum atomic E-state index is -3.70. The molecule has 21 heavy (non-hydrogen) atoms. The van der Waals surface area contributed by atoms with Gasteiger partial charge in [-0.1, -0.05) is 19.1 Å². The van der Waals surface area contributed by atoms with Crippen molar-refractivity contribution in [2.75, 3.05) is 4.72 Å². The lowest BCUT2D eigenvalue weighted by atomic mass is 10.2. The van der Waals surface area contributed by atoms with E-state index in [1.807, 2.05) is 13.0 Å². The lowest BCUT2D eigenvalue weighted by Crippen LogP contribution is -2.13. The van der Waals surface area contributed by atoms with Crippen molar-refractivity contribution in [1.82, 2.24) is 15.2 Å². The maximum atomic E-state index is 12.5. The number of aromatic nitrogens is 3. The summed E-state index contributed by atoms with van der Waals surface area (Å²) in [6, 6.07) is 8.46. The second-order valence-corrected chi connectivity index (χ2v) is 6.24. The Hall–Kier alpha value is -2.41. The lowest BCUT2D eigenvalue weighted by molar-refractivity contribution is 0.602. The average Bonchev–Trinajstić information content (AvgIpc) is 2.93. The van der Waals surface area contributed by atoms with Crippen LogP contribution in [0.2, 0.25) is 0 Å². The van der Waals surface area contributed by atoms with Gasteiger partial charge in [-0.2, -0.15) is 5.10 Å². The molecule has 0 fully saturated rings. The van der Waals surface area contributed by atoms with Crippen molar-refractivity contribution >= 4 is 26.6 Å². The molecule has 0 saturated carbocycles. The zero-order valence-electron chi connectivity index (χ0n) is 11.4. The standard InChI is InChI=1S/C14H14N4O2S/c1-2-11-8-14(17-16-11)18-21(19,20)13-5-3-4-10-9-15-7-6-12(10)13/h3-9H,2H2,1H3,(H2,16,17,18). The summed E-state index contributed by atoms with van der Waals surface area (Å²) in [4.78, 5) is 4.21. The molecule has 2 aromatic heterocycles. The van der Waals surface area contributed by atoms with Gasteiger partial charge in [0.2, 0.25) is 0 Å². The molecule has 3 aromatic rings. The van der Waals surface area contributed by atoms with Crippen molar-refractivity contribution in [3.8, 4) is 0 Å². The Kier molecular flexibility index (Phi) is 3.34. The molecule has 0 radical (unpaired) electrons. The fraction of sp³-hybridized carbons (Fsp3) is 0.143. The van der Waals surface area contributed by atoms with E-state index in [9.17, 15) is 8.42 Å². The van der Waals surface area contributed by atoms with Gasteiger partial charge in [0.1, 0.15) is 0 Å². The number of aryl methyl sites for hydroxylation is 1. The molecule has 3 rings (SSSR count). The summed E-state index contributed by atoms with van der Waals surface area (Å²) in [6.07, 6.45) is 3.97. The Morgan fingerprint density at radius 1 is 1.29 bits per heavy atom. The molecule has 0 saturated heterocycles. The molecule has 2 heterocycles. The van der Waals surface area contributed by atoms with E-state index in [4.69, 9.17) is 0 Å². The first-order valence-corrected chi connectivity index (χ1v) is 7.98. The van der Waals surface area contributed by atoms with E-state index < -0.39 is 10.0 Å². The van der Waals surface area contributed by atoms with E-state index in [0.717, 1.165) is 17.5 Å². The van der Waals surface area contributed by atoms with E-state index in [2.05, 4.69) is 19.9 Å². The van der Waals surface area contributed by atoms with Crippen LogP contribution in [0.4, 0.5) is 5.82 Å². The minimum absolute atomic E-state index is 0.212. The molecule has 0 aliphatic carbocycles. The first-order valence-electron chi connectivity index (χ1n) is 6.50. The molecule has 0 aliphatic rings. The Morgan fingerprint density at radius 3 is 2.90 bits per heavy atom. The largest absolute Gasteiger partial charge is 0.280 e. The average molecular weight is 302 g/mol. The molecular weight excluding hydrogens is 288 g/mol. The number of hydrogen-bond acceptors (Lipinski definition) is 4. The molecule has 0 atom stereocenters. The summed E-state index contributed by atoms with van der Waals surface area (Å²) in [5.74, 6) is 0.290. The summed E-state index contributed by atoms with van der Waals surface area (Å²) in [5.41, 5.74) is 0.870. The second kappa shape index (κ2) is 5.17. The predicted molar refractivity (Wildman–Crippen MR) is 80.5 cm³/mol. The van der Waals surface area contributed by atoms with E-state index in [1.165, 1.54) is 0 Å². The Morgan fingerprint density at radius 2 is 2.14 bits per heavy atom. The zero-order chi connectivity index (χ0) is 14.9. The van der Waals surface area contributed by atoms with Crippen molar-refractivity contribution in [3.05, 3.63) is 48.4 Å². The van der Waals surface area contributed by atoms with Crippen LogP contribution in [0.1, 0.15) is 12.6 Å². The van der Waals surface area contributed by atoms with Crippen LogP contribution >= 0.6 is 0 Å². The number of rotatable bonds is 4. The van der Waals surface area contributed by atoms with E-state index >= 15 is 0 Å². The fourth-order valence-electron chi connectivity index (χ4n) is 2.11. The van der Waals surface area contributed by atoms with Gasteiger partial charge < -0.3 is 0 Å². The quantitative estimate of drug-likeness (QED) is 0.774. The molecule has 0 spiro atoms. The topological polar surface area (TPSA) is 87.7 Å². The molecule has 0 amide bonds. The van der Waals surface area contributed by atoms with Crippen LogP contribution in [0.15, 0.2) is 47.6 Å². The number of hydrogen-bond donors (Lipinski definition) is 2. The second-order valence-electron chi connectivity index (χ2n) is 4.59. The van der Waals surface area contributed by atoms with Gasteiger partial charge in [0, 0.05) is 34.9 Å². The van der Waals surface area contributed by atoms with Crippen LogP contribution in [0.3, 0.4) is 0 Å². The number of sulfonamides is 1. The Labute approximate surface area is 122 Å². The number of H-pyrrole nitrogens is 1. The van der Waals surface area contributed by atoms with Crippen molar-refractivity contribution < 1.29 is 8.42 Å². The first-order chi connectivity index (χ1) is 10.1. The van der Waals surface area contributed by atoms with Crippen molar-refractivity contribution in [3.63, 3.8) is 0 Å². The van der Waals surface area contributed by atoms with Gasteiger partial charge in [0.05, 0.1) is 4.90 Å². The van der Waals surface area contributed by atoms with Crippen LogP contribution in [0.25, 0.3) is 10.8 Å². The number of fused-ring (bicyclic) bond motifs is 1. The van der Waals surface area contributed by atoms with E-state index in [0.29, 0.717) is 5.39 Å². The van der Waals surface area contributed by atoms with Gasteiger partial charge in [-0.05, 0) is 18.6 Å². The molecule has 0 bridgehead atoms. The summed E-state index contributed by atoms with van der Waals surface area (Å²) in [5, 5.41) is 8.14. The van der Waals surface area contributed by atoms with Crippen LogP contribution in [-0.2, 0) is 16.4 Å². The number of aromatic amines is 1. The van der Waals surface area contributed by atoms with E-state index in [1.54, 1.807) is 36.7 Å². The normalized spacial score (nSPS) is 11.7. The molecule has 6 nitrogen and oxygen atoms in total. The highest BCUT2D eigenvalue weighted by Gasteiger charge is 2.18. The highest BCUT2D eigenvalue weighted by molar-refractivity contribution is 7.93. The third kappa shape index (κ3) is 2.59. The summed E-state index contributed by atoms with van der Waals surface area (Å²) >= 11 is 0. The molecule has 0 aliphatic heterocycles. The smallest absolute Gasteiger partial charge is 0.263 e. The number of benzene rings is 1. The maximum Gasteiger partial charge on any atom is 0.263 e. The van der Waals surface area contributed by atoms with Gasteiger partial charge >= 0.3 is 0 Å². The Balaban J connectivity index is 2.04. The summed E-state index contributed by atoms with van der Waals surface area (Å²) < 4.78 is 27.5. The van der Waals surface area contributed by atoms with Crippen LogP contribution in [-0.4, -0.2) is 23.6 Å². The molecule has 0 unspecified atom stereocenters. The SMILES string of the molecule is CCc1cc(NS(=O)(=O)c2cccc3cnccc23)n[nH]1. The highest BCUT2D eigenvalue weighted by Crippen LogP contribution is 2.23. The van der Waals surface area contributed by atoms with Crippen molar-refractivity contribution in [1.29, 1.82) is 0 Å². The minimum Gasteiger partial charge on any atom is -0.280 e. The number of anilines is 1. The van der Waals surface area contributed by atoms with E-state index in [-0.39, 0.29) is 10.7 Å². The maximum absolute atomic E-state index is 12.5. The Bertz CT molecular complexity index is 881. The molecule has 1 aromatic carbocycles. The molecular formula is C14H14N4O2S. The third-order valence-corrected chi connectivity index (χ3v) is 4.59. The van der Waals surface area contributed by atoms with Gasteiger partial charge in [-0.3, -0.25) is 14.8 Å². The summed E-state index contributed by atoms with van der Waals surface area (Å²) in [7, 11) is -3.70. The van der Waals surface area contributed by atoms with Gasteiger partial charge in [0.25, 0.3) is 10.0 Å². The third-order valence-electron chi connectivity index (χ3n) is 3.18. The molecule has 2 N–H and O–H groups in total. The van der Waals surface area contributed by atoms with Gasteiger partial charge in [-0.25, -0.2) is 8.42 Å². The number of nitrogens with one attached hydrogen (secondary N) is 2. The summed E-state index contributed by atoms with van der Waals surface area (Å²) in [6.45, 7) is 1.96.